The highest BCUT2D eigenvalue weighted by atomic mass is 35.5. The van der Waals surface area contributed by atoms with Crippen LogP contribution in [0.1, 0.15) is 61.6 Å². The van der Waals surface area contributed by atoms with Gasteiger partial charge in [0.2, 0.25) is 0 Å². The Labute approximate surface area is 185 Å². The Morgan fingerprint density at radius 3 is 2.53 bits per heavy atom. The predicted molar refractivity (Wildman–Crippen MR) is 127 cm³/mol. The van der Waals surface area contributed by atoms with Crippen LogP contribution in [-0.4, -0.2) is 6.54 Å². The van der Waals surface area contributed by atoms with Crippen LogP contribution in [0.3, 0.4) is 0 Å². The standard InChI is InChI=1S/C26H33ClN2O/c1-4-5-6-15-28-17-23-16-22(11-13-25(23)27)26-14-12-24(30-26)18-29-20(3)21-9-7-19(2)8-10-21/h7-14,16,20,28-29H,4-6,15,17-18H2,1-3H3. The molecule has 0 spiro atoms. The zero-order valence-electron chi connectivity index (χ0n) is 18.3. The molecule has 3 rings (SSSR count). The lowest BCUT2D eigenvalue weighted by molar-refractivity contribution is 0.468. The lowest BCUT2D eigenvalue weighted by Crippen LogP contribution is -2.17. The Morgan fingerprint density at radius 1 is 0.967 bits per heavy atom. The molecular formula is C26H33ClN2O. The molecule has 160 valence electrons. The van der Waals surface area contributed by atoms with E-state index in [0.717, 1.165) is 40.8 Å². The minimum atomic E-state index is 0.264. The van der Waals surface area contributed by atoms with Crippen LogP contribution in [0.25, 0.3) is 11.3 Å². The average Bonchev–Trinajstić information content (AvgIpc) is 3.22. The second kappa shape index (κ2) is 11.4. The van der Waals surface area contributed by atoms with Gasteiger partial charge in [0.25, 0.3) is 0 Å². The molecule has 0 bridgehead atoms. The van der Waals surface area contributed by atoms with Crippen molar-refractivity contribution in [2.75, 3.05) is 6.54 Å². The number of furan rings is 1. The zero-order chi connectivity index (χ0) is 21.3. The molecule has 1 heterocycles. The summed E-state index contributed by atoms with van der Waals surface area (Å²) in [5, 5.41) is 7.82. The third kappa shape index (κ3) is 6.46. The number of benzene rings is 2. The fraction of sp³-hybridized carbons (Fsp3) is 0.385. The largest absolute Gasteiger partial charge is 0.460 e. The van der Waals surface area contributed by atoms with E-state index < -0.39 is 0 Å². The van der Waals surface area contributed by atoms with Crippen LogP contribution < -0.4 is 10.6 Å². The van der Waals surface area contributed by atoms with Gasteiger partial charge < -0.3 is 15.1 Å². The molecule has 1 atom stereocenters. The smallest absolute Gasteiger partial charge is 0.134 e. The van der Waals surface area contributed by atoms with Gasteiger partial charge in [-0.15, -0.1) is 0 Å². The van der Waals surface area contributed by atoms with Crippen LogP contribution in [0.15, 0.2) is 59.0 Å². The fourth-order valence-electron chi connectivity index (χ4n) is 3.44. The molecule has 3 nitrogen and oxygen atoms in total. The molecular weight excluding hydrogens is 392 g/mol. The molecule has 0 aliphatic carbocycles. The van der Waals surface area contributed by atoms with Gasteiger partial charge in [-0.1, -0.05) is 61.2 Å². The van der Waals surface area contributed by atoms with Crippen molar-refractivity contribution in [1.29, 1.82) is 0 Å². The second-order valence-electron chi connectivity index (χ2n) is 7.97. The highest BCUT2D eigenvalue weighted by molar-refractivity contribution is 6.31. The average molecular weight is 425 g/mol. The van der Waals surface area contributed by atoms with Crippen molar-refractivity contribution in [3.63, 3.8) is 0 Å². The Balaban J connectivity index is 1.58. The zero-order valence-corrected chi connectivity index (χ0v) is 19.1. The van der Waals surface area contributed by atoms with Crippen LogP contribution >= 0.6 is 11.6 Å². The van der Waals surface area contributed by atoms with Gasteiger partial charge in [-0.25, -0.2) is 0 Å². The molecule has 0 amide bonds. The van der Waals surface area contributed by atoms with Crippen LogP contribution in [-0.2, 0) is 13.1 Å². The van der Waals surface area contributed by atoms with E-state index in [1.165, 1.54) is 30.4 Å². The summed E-state index contributed by atoms with van der Waals surface area (Å²) >= 11 is 6.40. The van der Waals surface area contributed by atoms with Gasteiger partial charge in [-0.3, -0.25) is 0 Å². The van der Waals surface area contributed by atoms with E-state index in [2.05, 4.69) is 61.7 Å². The van der Waals surface area contributed by atoms with E-state index in [1.54, 1.807) is 0 Å². The molecule has 0 radical (unpaired) electrons. The summed E-state index contributed by atoms with van der Waals surface area (Å²) in [6.45, 7) is 8.99. The molecule has 30 heavy (non-hydrogen) atoms. The Morgan fingerprint density at radius 2 is 1.77 bits per heavy atom. The summed E-state index contributed by atoms with van der Waals surface area (Å²) in [7, 11) is 0. The molecule has 1 aromatic heterocycles. The highest BCUT2D eigenvalue weighted by Crippen LogP contribution is 2.27. The molecule has 0 saturated heterocycles. The maximum absolute atomic E-state index is 6.40. The second-order valence-corrected chi connectivity index (χ2v) is 8.38. The summed E-state index contributed by atoms with van der Waals surface area (Å²) in [5.74, 6) is 1.80. The molecule has 0 aliphatic rings. The highest BCUT2D eigenvalue weighted by Gasteiger charge is 2.10. The first kappa shape index (κ1) is 22.6. The first-order chi connectivity index (χ1) is 14.6. The molecule has 2 aromatic carbocycles. The van der Waals surface area contributed by atoms with E-state index in [9.17, 15) is 0 Å². The van der Waals surface area contributed by atoms with Crippen LogP contribution in [0.2, 0.25) is 5.02 Å². The quantitative estimate of drug-likeness (QED) is 0.324. The van der Waals surface area contributed by atoms with E-state index in [1.807, 2.05) is 24.3 Å². The number of hydrogen-bond donors (Lipinski definition) is 2. The topological polar surface area (TPSA) is 37.2 Å². The third-order valence-electron chi connectivity index (χ3n) is 5.42. The Kier molecular flexibility index (Phi) is 8.56. The van der Waals surface area contributed by atoms with Crippen molar-refractivity contribution in [3.8, 4) is 11.3 Å². The number of unbranched alkanes of at least 4 members (excludes halogenated alkanes) is 2. The molecule has 0 fully saturated rings. The minimum absolute atomic E-state index is 0.264. The summed E-state index contributed by atoms with van der Waals surface area (Å²) in [4.78, 5) is 0. The van der Waals surface area contributed by atoms with E-state index in [0.29, 0.717) is 6.54 Å². The van der Waals surface area contributed by atoms with Gasteiger partial charge >= 0.3 is 0 Å². The maximum Gasteiger partial charge on any atom is 0.134 e. The number of halogens is 1. The van der Waals surface area contributed by atoms with Crippen molar-refractivity contribution in [1.82, 2.24) is 10.6 Å². The number of hydrogen-bond acceptors (Lipinski definition) is 3. The van der Waals surface area contributed by atoms with Crippen molar-refractivity contribution in [2.24, 2.45) is 0 Å². The molecule has 1 unspecified atom stereocenters. The lowest BCUT2D eigenvalue weighted by Gasteiger charge is -2.13. The van der Waals surface area contributed by atoms with Crippen molar-refractivity contribution in [2.45, 2.75) is 59.2 Å². The van der Waals surface area contributed by atoms with Gasteiger partial charge in [0.15, 0.2) is 0 Å². The van der Waals surface area contributed by atoms with Crippen LogP contribution in [0.5, 0.6) is 0 Å². The predicted octanol–water partition coefficient (Wildman–Crippen LogP) is 7.04. The first-order valence-electron chi connectivity index (χ1n) is 10.9. The van der Waals surface area contributed by atoms with Gasteiger partial charge in [0.05, 0.1) is 6.54 Å². The van der Waals surface area contributed by atoms with E-state index in [4.69, 9.17) is 16.0 Å². The van der Waals surface area contributed by atoms with Crippen molar-refractivity contribution in [3.05, 3.63) is 82.1 Å². The summed E-state index contributed by atoms with van der Waals surface area (Å²) in [6, 6.07) is 19.1. The number of rotatable bonds is 11. The van der Waals surface area contributed by atoms with Gasteiger partial charge in [0.1, 0.15) is 11.5 Å². The maximum atomic E-state index is 6.40. The monoisotopic (exact) mass is 424 g/mol. The minimum Gasteiger partial charge on any atom is -0.460 e. The SMILES string of the molecule is CCCCCNCc1cc(-c2ccc(CNC(C)c3ccc(C)cc3)o2)ccc1Cl. The van der Waals surface area contributed by atoms with Crippen LogP contribution in [0, 0.1) is 6.92 Å². The first-order valence-corrected chi connectivity index (χ1v) is 11.3. The van der Waals surface area contributed by atoms with E-state index >= 15 is 0 Å². The number of aryl methyl sites for hydroxylation is 1. The Hall–Kier alpha value is -2.07. The molecule has 4 heteroatoms. The third-order valence-corrected chi connectivity index (χ3v) is 5.79. The molecule has 3 aromatic rings. The lowest BCUT2D eigenvalue weighted by atomic mass is 10.1. The normalized spacial score (nSPS) is 12.3. The molecule has 2 N–H and O–H groups in total. The molecule has 0 aliphatic heterocycles. The van der Waals surface area contributed by atoms with Gasteiger partial charge in [-0.2, -0.15) is 0 Å². The number of nitrogens with one attached hydrogen (secondary N) is 2. The van der Waals surface area contributed by atoms with Crippen molar-refractivity contribution < 1.29 is 4.42 Å². The molecule has 0 saturated carbocycles. The Bertz CT molecular complexity index is 917. The van der Waals surface area contributed by atoms with Gasteiger partial charge in [0, 0.05) is 23.2 Å². The van der Waals surface area contributed by atoms with Crippen LogP contribution in [0.4, 0.5) is 0 Å². The summed E-state index contributed by atoms with van der Waals surface area (Å²) in [5.41, 5.74) is 4.72. The van der Waals surface area contributed by atoms with E-state index in [-0.39, 0.29) is 6.04 Å². The fourth-order valence-corrected chi connectivity index (χ4v) is 3.63. The summed E-state index contributed by atoms with van der Waals surface area (Å²) < 4.78 is 6.10. The van der Waals surface area contributed by atoms with Crippen molar-refractivity contribution >= 4 is 11.6 Å². The van der Waals surface area contributed by atoms with Gasteiger partial charge in [-0.05, 0) is 68.3 Å². The summed E-state index contributed by atoms with van der Waals surface area (Å²) in [6.07, 6.45) is 3.69.